The van der Waals surface area contributed by atoms with Crippen LogP contribution in [0.1, 0.15) is 19.8 Å². The average molecular weight is 190 g/mol. The zero-order valence-corrected chi connectivity index (χ0v) is 6.93. The Morgan fingerprint density at radius 2 is 1.73 bits per heavy atom. The summed E-state index contributed by atoms with van der Waals surface area (Å²) in [6.45, 7) is 1.42. The Kier molecular flexibility index (Phi) is 2.84. The van der Waals surface area contributed by atoms with Crippen LogP contribution in [0.3, 0.4) is 0 Å². The highest BCUT2D eigenvalue weighted by Gasteiger charge is 2.65. The molecular formula is C6H11ClF3N. The molecule has 0 radical (unpaired) electrons. The monoisotopic (exact) mass is 189 g/mol. The first kappa shape index (κ1) is 11.0. The molecule has 1 nitrogen and oxygen atoms in total. The van der Waals surface area contributed by atoms with Crippen LogP contribution >= 0.6 is 12.4 Å². The Hall–Kier alpha value is 0.0400. The number of hydrogen-bond acceptors (Lipinski definition) is 1. The maximum atomic E-state index is 12.1. The minimum atomic E-state index is -4.10. The van der Waals surface area contributed by atoms with Crippen molar-refractivity contribution in [2.24, 2.45) is 11.1 Å². The van der Waals surface area contributed by atoms with Gasteiger partial charge in [-0.05, 0) is 19.8 Å². The molecule has 11 heavy (non-hydrogen) atoms. The van der Waals surface area contributed by atoms with Crippen LogP contribution in [-0.2, 0) is 0 Å². The zero-order chi connectivity index (χ0) is 7.99. The molecule has 1 atom stereocenters. The van der Waals surface area contributed by atoms with Crippen LogP contribution in [0.5, 0.6) is 0 Å². The number of hydrogen-bond donors (Lipinski definition) is 1. The van der Waals surface area contributed by atoms with Crippen molar-refractivity contribution in [2.75, 3.05) is 0 Å². The lowest BCUT2D eigenvalue weighted by Gasteiger charge is -2.22. The Bertz CT molecular complexity index is 139. The second-order valence-corrected chi connectivity index (χ2v) is 2.94. The highest BCUT2D eigenvalue weighted by molar-refractivity contribution is 5.85. The van der Waals surface area contributed by atoms with Gasteiger partial charge >= 0.3 is 6.18 Å². The molecular weight excluding hydrogens is 179 g/mol. The summed E-state index contributed by atoms with van der Waals surface area (Å²) < 4.78 is 36.2. The molecule has 1 fully saturated rings. The summed E-state index contributed by atoms with van der Waals surface area (Å²) in [5.41, 5.74) is 3.66. The minimum absolute atomic E-state index is 0. The number of alkyl halides is 3. The second-order valence-electron chi connectivity index (χ2n) is 2.94. The summed E-state index contributed by atoms with van der Waals surface area (Å²) in [5, 5.41) is 0. The summed E-state index contributed by atoms with van der Waals surface area (Å²) in [6.07, 6.45) is -3.69. The van der Waals surface area contributed by atoms with Crippen molar-refractivity contribution >= 4 is 12.4 Å². The predicted molar refractivity (Wildman–Crippen MR) is 38.6 cm³/mol. The molecule has 1 aliphatic rings. The van der Waals surface area contributed by atoms with Crippen LogP contribution in [0.2, 0.25) is 0 Å². The van der Waals surface area contributed by atoms with Gasteiger partial charge in [0.25, 0.3) is 0 Å². The molecule has 1 unspecified atom stereocenters. The molecule has 2 N–H and O–H groups in total. The Morgan fingerprint density at radius 1 is 1.36 bits per heavy atom. The molecule has 1 aliphatic carbocycles. The Labute approximate surface area is 69.5 Å². The van der Waals surface area contributed by atoms with Gasteiger partial charge in [0.15, 0.2) is 0 Å². The van der Waals surface area contributed by atoms with Crippen molar-refractivity contribution in [3.8, 4) is 0 Å². The van der Waals surface area contributed by atoms with Crippen molar-refractivity contribution in [3.05, 3.63) is 0 Å². The van der Waals surface area contributed by atoms with Gasteiger partial charge in [-0.1, -0.05) is 0 Å². The van der Waals surface area contributed by atoms with E-state index in [-0.39, 0.29) is 25.2 Å². The van der Waals surface area contributed by atoms with E-state index in [1.54, 1.807) is 0 Å². The molecule has 0 aliphatic heterocycles. The lowest BCUT2D eigenvalue weighted by Crippen LogP contribution is -2.39. The lowest BCUT2D eigenvalue weighted by molar-refractivity contribution is -0.191. The third kappa shape index (κ3) is 1.62. The molecule has 1 saturated carbocycles. The quantitative estimate of drug-likeness (QED) is 0.672. The fourth-order valence-corrected chi connectivity index (χ4v) is 1.13. The Morgan fingerprint density at radius 3 is 1.73 bits per heavy atom. The van der Waals surface area contributed by atoms with Gasteiger partial charge in [0.05, 0.1) is 5.41 Å². The maximum absolute atomic E-state index is 12.1. The summed E-state index contributed by atoms with van der Waals surface area (Å²) in [5.74, 6) is 0. The highest BCUT2D eigenvalue weighted by atomic mass is 35.5. The summed E-state index contributed by atoms with van der Waals surface area (Å²) in [4.78, 5) is 0. The topological polar surface area (TPSA) is 26.0 Å². The van der Waals surface area contributed by atoms with E-state index < -0.39 is 17.6 Å². The molecule has 5 heteroatoms. The van der Waals surface area contributed by atoms with Gasteiger partial charge in [-0.2, -0.15) is 13.2 Å². The van der Waals surface area contributed by atoms with Crippen molar-refractivity contribution in [2.45, 2.75) is 32.0 Å². The van der Waals surface area contributed by atoms with Gasteiger partial charge < -0.3 is 5.73 Å². The standard InChI is InChI=1S/C6H10F3N.ClH/c1-4(10)5(2-3-5)6(7,8)9;/h4H,2-3,10H2,1H3;1H. The van der Waals surface area contributed by atoms with E-state index in [1.165, 1.54) is 6.92 Å². The van der Waals surface area contributed by atoms with Crippen LogP contribution < -0.4 is 5.73 Å². The molecule has 0 aromatic heterocycles. The third-order valence-corrected chi connectivity index (χ3v) is 2.22. The molecule has 1 rings (SSSR count). The minimum Gasteiger partial charge on any atom is -0.327 e. The maximum Gasteiger partial charge on any atom is 0.395 e. The molecule has 0 amide bonds. The van der Waals surface area contributed by atoms with Crippen LogP contribution in [0.15, 0.2) is 0 Å². The summed E-state index contributed by atoms with van der Waals surface area (Å²) >= 11 is 0. The van der Waals surface area contributed by atoms with Gasteiger partial charge in [0.2, 0.25) is 0 Å². The first-order valence-electron chi connectivity index (χ1n) is 3.22. The average Bonchev–Trinajstić information content (AvgIpc) is 2.36. The first-order chi connectivity index (χ1) is 4.40. The van der Waals surface area contributed by atoms with Gasteiger partial charge in [-0.3, -0.25) is 0 Å². The van der Waals surface area contributed by atoms with E-state index in [2.05, 4.69) is 0 Å². The molecule has 0 spiro atoms. The first-order valence-corrected chi connectivity index (χ1v) is 3.22. The fraction of sp³-hybridized carbons (Fsp3) is 1.00. The van der Waals surface area contributed by atoms with E-state index in [0.29, 0.717) is 0 Å². The summed E-state index contributed by atoms with van der Waals surface area (Å²) in [6, 6.07) is -0.757. The third-order valence-electron chi connectivity index (χ3n) is 2.22. The van der Waals surface area contributed by atoms with E-state index in [0.717, 1.165) is 0 Å². The van der Waals surface area contributed by atoms with E-state index in [1.807, 2.05) is 0 Å². The van der Waals surface area contributed by atoms with Crippen molar-refractivity contribution in [3.63, 3.8) is 0 Å². The van der Waals surface area contributed by atoms with Crippen LogP contribution in [0.4, 0.5) is 13.2 Å². The molecule has 0 saturated heterocycles. The highest BCUT2D eigenvalue weighted by Crippen LogP contribution is 2.59. The predicted octanol–water partition coefficient (Wildman–Crippen LogP) is 2.10. The zero-order valence-electron chi connectivity index (χ0n) is 6.11. The fourth-order valence-electron chi connectivity index (χ4n) is 1.13. The van der Waals surface area contributed by atoms with Gasteiger partial charge in [0, 0.05) is 6.04 Å². The number of halogens is 4. The number of nitrogens with two attached hydrogens (primary N) is 1. The molecule has 68 valence electrons. The normalized spacial score (nSPS) is 23.7. The van der Waals surface area contributed by atoms with Crippen molar-refractivity contribution in [1.82, 2.24) is 0 Å². The van der Waals surface area contributed by atoms with Crippen LogP contribution in [-0.4, -0.2) is 12.2 Å². The molecule has 0 aromatic carbocycles. The van der Waals surface area contributed by atoms with Gasteiger partial charge in [-0.25, -0.2) is 0 Å². The molecule has 0 bridgehead atoms. The second kappa shape index (κ2) is 2.83. The van der Waals surface area contributed by atoms with Crippen LogP contribution in [0, 0.1) is 5.41 Å². The van der Waals surface area contributed by atoms with E-state index in [9.17, 15) is 13.2 Å². The van der Waals surface area contributed by atoms with Crippen molar-refractivity contribution < 1.29 is 13.2 Å². The molecule has 0 aromatic rings. The smallest absolute Gasteiger partial charge is 0.327 e. The SMILES string of the molecule is CC(N)C1(C(F)(F)F)CC1.Cl. The lowest BCUT2D eigenvalue weighted by atomic mass is 9.98. The number of rotatable bonds is 1. The van der Waals surface area contributed by atoms with E-state index >= 15 is 0 Å². The van der Waals surface area contributed by atoms with Gasteiger partial charge in [-0.15, -0.1) is 12.4 Å². The van der Waals surface area contributed by atoms with Crippen LogP contribution in [0.25, 0.3) is 0 Å². The van der Waals surface area contributed by atoms with Gasteiger partial charge in [0.1, 0.15) is 0 Å². The largest absolute Gasteiger partial charge is 0.395 e. The summed E-state index contributed by atoms with van der Waals surface area (Å²) in [7, 11) is 0. The molecule has 0 heterocycles. The Balaban J connectivity index is 0.000001000. The van der Waals surface area contributed by atoms with Crippen molar-refractivity contribution in [1.29, 1.82) is 0 Å². The van der Waals surface area contributed by atoms with E-state index in [4.69, 9.17) is 5.73 Å².